The Kier molecular flexibility index (Phi) is 3.88. The van der Waals surface area contributed by atoms with Gasteiger partial charge in [-0.1, -0.05) is 25.7 Å². The lowest BCUT2D eigenvalue weighted by Gasteiger charge is -2.18. The fraction of sp³-hybridized carbons (Fsp3) is 0.692. The van der Waals surface area contributed by atoms with Gasteiger partial charge in [0.05, 0.1) is 6.04 Å². The first-order valence-corrected chi connectivity index (χ1v) is 6.25. The van der Waals surface area contributed by atoms with Crippen LogP contribution in [0.15, 0.2) is 12.4 Å². The summed E-state index contributed by atoms with van der Waals surface area (Å²) in [5, 5.41) is 3.34. The molecule has 16 heavy (non-hydrogen) atoms. The van der Waals surface area contributed by atoms with E-state index in [9.17, 15) is 0 Å². The maximum absolute atomic E-state index is 4.42. The second kappa shape index (κ2) is 5.39. The standard InChI is InChI=1S/C13H21N3/c1-10-8-15-13(16-9-10)12(14-2)7-11-5-3-4-6-11/h8-9,11-12,14H,3-7H2,1-2H3. The SMILES string of the molecule is CNC(CC1CCCC1)c1ncc(C)cn1. The Morgan fingerprint density at radius 3 is 2.50 bits per heavy atom. The van der Waals surface area contributed by atoms with E-state index in [0.29, 0.717) is 6.04 Å². The third-order valence-corrected chi connectivity index (χ3v) is 3.50. The van der Waals surface area contributed by atoms with Crippen LogP contribution in [0.4, 0.5) is 0 Å². The van der Waals surface area contributed by atoms with Crippen LogP contribution in [-0.2, 0) is 0 Å². The Hall–Kier alpha value is -0.960. The minimum atomic E-state index is 0.323. The van der Waals surface area contributed by atoms with E-state index in [4.69, 9.17) is 0 Å². The van der Waals surface area contributed by atoms with E-state index in [1.807, 2.05) is 26.4 Å². The second-order valence-electron chi connectivity index (χ2n) is 4.85. The number of nitrogens with zero attached hydrogens (tertiary/aromatic N) is 2. The van der Waals surface area contributed by atoms with Crippen LogP contribution in [0, 0.1) is 12.8 Å². The van der Waals surface area contributed by atoms with Gasteiger partial charge in [-0.15, -0.1) is 0 Å². The lowest BCUT2D eigenvalue weighted by Crippen LogP contribution is -2.21. The summed E-state index contributed by atoms with van der Waals surface area (Å²) in [5.41, 5.74) is 1.12. The predicted molar refractivity (Wildman–Crippen MR) is 65.1 cm³/mol. The van der Waals surface area contributed by atoms with Crippen molar-refractivity contribution in [2.24, 2.45) is 5.92 Å². The van der Waals surface area contributed by atoms with Crippen molar-refractivity contribution >= 4 is 0 Å². The predicted octanol–water partition coefficient (Wildman–Crippen LogP) is 2.63. The Morgan fingerprint density at radius 1 is 1.31 bits per heavy atom. The second-order valence-corrected chi connectivity index (χ2v) is 4.85. The summed E-state index contributed by atoms with van der Waals surface area (Å²) in [7, 11) is 2.00. The molecule has 1 fully saturated rings. The number of rotatable bonds is 4. The number of aromatic nitrogens is 2. The number of hydrogen-bond donors (Lipinski definition) is 1. The van der Waals surface area contributed by atoms with Crippen LogP contribution in [0.5, 0.6) is 0 Å². The topological polar surface area (TPSA) is 37.8 Å². The first-order valence-electron chi connectivity index (χ1n) is 6.25. The van der Waals surface area contributed by atoms with E-state index in [1.165, 1.54) is 32.1 Å². The summed E-state index contributed by atoms with van der Waals surface area (Å²) in [6.45, 7) is 2.02. The number of hydrogen-bond acceptors (Lipinski definition) is 3. The monoisotopic (exact) mass is 219 g/mol. The molecule has 88 valence electrons. The fourth-order valence-corrected chi connectivity index (χ4v) is 2.51. The lowest BCUT2D eigenvalue weighted by atomic mass is 9.98. The average Bonchev–Trinajstić information content (AvgIpc) is 2.80. The first kappa shape index (κ1) is 11.5. The summed E-state index contributed by atoms with van der Waals surface area (Å²) in [4.78, 5) is 8.84. The summed E-state index contributed by atoms with van der Waals surface area (Å²) in [5.74, 6) is 1.81. The molecule has 1 N–H and O–H groups in total. The van der Waals surface area contributed by atoms with Gasteiger partial charge in [0.1, 0.15) is 5.82 Å². The van der Waals surface area contributed by atoms with Gasteiger partial charge in [-0.2, -0.15) is 0 Å². The molecule has 1 heterocycles. The van der Waals surface area contributed by atoms with E-state index in [-0.39, 0.29) is 0 Å². The van der Waals surface area contributed by atoms with Gasteiger partial charge in [-0.25, -0.2) is 9.97 Å². The van der Waals surface area contributed by atoms with Gasteiger partial charge in [0, 0.05) is 12.4 Å². The third-order valence-electron chi connectivity index (χ3n) is 3.50. The minimum Gasteiger partial charge on any atom is -0.310 e. The molecule has 0 saturated heterocycles. The molecule has 1 saturated carbocycles. The molecule has 2 rings (SSSR count). The van der Waals surface area contributed by atoms with Crippen LogP contribution in [0.3, 0.4) is 0 Å². The van der Waals surface area contributed by atoms with Gasteiger partial charge >= 0.3 is 0 Å². The Bertz CT molecular complexity index is 314. The highest BCUT2D eigenvalue weighted by molar-refractivity contribution is 5.04. The van der Waals surface area contributed by atoms with E-state index in [1.54, 1.807) is 0 Å². The highest BCUT2D eigenvalue weighted by Crippen LogP contribution is 2.31. The minimum absolute atomic E-state index is 0.323. The van der Waals surface area contributed by atoms with Crippen molar-refractivity contribution in [1.29, 1.82) is 0 Å². The number of aryl methyl sites for hydroxylation is 1. The molecule has 1 unspecified atom stereocenters. The van der Waals surface area contributed by atoms with E-state index >= 15 is 0 Å². The van der Waals surface area contributed by atoms with E-state index in [0.717, 1.165) is 17.3 Å². The highest BCUT2D eigenvalue weighted by Gasteiger charge is 2.21. The molecule has 1 aliphatic rings. The van der Waals surface area contributed by atoms with Crippen molar-refractivity contribution in [1.82, 2.24) is 15.3 Å². The van der Waals surface area contributed by atoms with Crippen LogP contribution >= 0.6 is 0 Å². The van der Waals surface area contributed by atoms with Crippen molar-refractivity contribution in [3.05, 3.63) is 23.8 Å². The largest absolute Gasteiger partial charge is 0.310 e. The maximum atomic E-state index is 4.42. The Balaban J connectivity index is 2.00. The van der Waals surface area contributed by atoms with Crippen LogP contribution in [-0.4, -0.2) is 17.0 Å². The quantitative estimate of drug-likeness (QED) is 0.846. The van der Waals surface area contributed by atoms with Gasteiger partial charge in [-0.05, 0) is 31.9 Å². The molecule has 3 heteroatoms. The van der Waals surface area contributed by atoms with Crippen molar-refractivity contribution in [2.45, 2.75) is 45.1 Å². The average molecular weight is 219 g/mol. The summed E-state index contributed by atoms with van der Waals surface area (Å²) in [6.07, 6.45) is 10.5. The fourth-order valence-electron chi connectivity index (χ4n) is 2.51. The molecule has 0 spiro atoms. The first-order chi connectivity index (χ1) is 7.79. The number of nitrogens with one attached hydrogen (secondary N) is 1. The Labute approximate surface area is 97.7 Å². The highest BCUT2D eigenvalue weighted by atomic mass is 15.0. The third kappa shape index (κ3) is 2.79. The molecule has 0 aliphatic heterocycles. The van der Waals surface area contributed by atoms with Crippen LogP contribution in [0.1, 0.15) is 49.5 Å². The molecule has 1 aliphatic carbocycles. The summed E-state index contributed by atoms with van der Waals surface area (Å²) in [6, 6.07) is 0.323. The molecule has 1 aromatic heterocycles. The molecule has 0 radical (unpaired) electrons. The van der Waals surface area contributed by atoms with Crippen molar-refractivity contribution in [2.75, 3.05) is 7.05 Å². The molecular weight excluding hydrogens is 198 g/mol. The van der Waals surface area contributed by atoms with E-state index in [2.05, 4.69) is 15.3 Å². The molecule has 0 amide bonds. The maximum Gasteiger partial charge on any atom is 0.145 e. The van der Waals surface area contributed by atoms with Crippen molar-refractivity contribution < 1.29 is 0 Å². The molecular formula is C13H21N3. The lowest BCUT2D eigenvalue weighted by molar-refractivity contribution is 0.401. The van der Waals surface area contributed by atoms with E-state index < -0.39 is 0 Å². The van der Waals surface area contributed by atoms with Gasteiger partial charge in [0.2, 0.25) is 0 Å². The van der Waals surface area contributed by atoms with Crippen LogP contribution in [0.2, 0.25) is 0 Å². The van der Waals surface area contributed by atoms with Gasteiger partial charge < -0.3 is 5.32 Å². The van der Waals surface area contributed by atoms with Gasteiger partial charge in [-0.3, -0.25) is 0 Å². The normalized spacial score (nSPS) is 18.9. The van der Waals surface area contributed by atoms with Crippen molar-refractivity contribution in [3.8, 4) is 0 Å². The molecule has 0 bridgehead atoms. The summed E-state index contributed by atoms with van der Waals surface area (Å²) >= 11 is 0. The van der Waals surface area contributed by atoms with Gasteiger partial charge in [0.25, 0.3) is 0 Å². The zero-order valence-electron chi connectivity index (χ0n) is 10.2. The molecule has 3 nitrogen and oxygen atoms in total. The van der Waals surface area contributed by atoms with Crippen LogP contribution < -0.4 is 5.32 Å². The van der Waals surface area contributed by atoms with Crippen LogP contribution in [0.25, 0.3) is 0 Å². The molecule has 1 aromatic rings. The smallest absolute Gasteiger partial charge is 0.145 e. The summed E-state index contributed by atoms with van der Waals surface area (Å²) < 4.78 is 0. The Morgan fingerprint density at radius 2 is 1.94 bits per heavy atom. The molecule has 1 atom stereocenters. The van der Waals surface area contributed by atoms with Crippen molar-refractivity contribution in [3.63, 3.8) is 0 Å². The zero-order chi connectivity index (χ0) is 11.4. The zero-order valence-corrected chi connectivity index (χ0v) is 10.2. The molecule has 0 aromatic carbocycles. The van der Waals surface area contributed by atoms with Gasteiger partial charge in [0.15, 0.2) is 0 Å².